The molecule has 3 aromatic rings. The van der Waals surface area contributed by atoms with Gasteiger partial charge in [-0.3, -0.25) is 4.79 Å². The summed E-state index contributed by atoms with van der Waals surface area (Å²) < 4.78 is 5.54. The molecule has 4 rings (SSSR count). The van der Waals surface area contributed by atoms with Gasteiger partial charge in [0.1, 0.15) is 5.76 Å². The molecule has 1 saturated heterocycles. The summed E-state index contributed by atoms with van der Waals surface area (Å²) >= 11 is 0. The molecule has 1 amide bonds. The van der Waals surface area contributed by atoms with Gasteiger partial charge in [-0.1, -0.05) is 54.6 Å². The number of amides is 1. The molecule has 0 N–H and O–H groups in total. The Morgan fingerprint density at radius 3 is 2.31 bits per heavy atom. The van der Waals surface area contributed by atoms with Gasteiger partial charge in [0, 0.05) is 6.04 Å². The van der Waals surface area contributed by atoms with Crippen molar-refractivity contribution in [3.8, 4) is 11.1 Å². The smallest absolute Gasteiger partial charge is 0.227 e. The van der Waals surface area contributed by atoms with Gasteiger partial charge in [0.05, 0.1) is 19.2 Å². The lowest BCUT2D eigenvalue weighted by Gasteiger charge is -2.37. The monoisotopic (exact) mass is 388 g/mol. The molecule has 0 radical (unpaired) electrons. The van der Waals surface area contributed by atoms with Crippen LogP contribution in [0.3, 0.4) is 0 Å². The number of hydrogen-bond acceptors (Lipinski definition) is 3. The van der Waals surface area contributed by atoms with Crippen molar-refractivity contribution in [2.24, 2.45) is 0 Å². The standard InChI is InChI=1S/C25H28N2O2/c1-26-15-13-23(14-16-26)27(19-24-8-5-17-29-24)25(28)18-20-9-11-22(12-10-20)21-6-3-2-4-7-21/h2-12,17,23H,13-16,18-19H2,1H3. The SMILES string of the molecule is CN1CCC(N(Cc2ccco2)C(=O)Cc2ccc(-c3ccccc3)cc2)CC1. The molecule has 1 aliphatic heterocycles. The number of piperidine rings is 1. The molecule has 29 heavy (non-hydrogen) atoms. The lowest BCUT2D eigenvalue weighted by atomic mass is 10.0. The second kappa shape index (κ2) is 9.10. The largest absolute Gasteiger partial charge is 0.467 e. The molecule has 150 valence electrons. The molecular weight excluding hydrogens is 360 g/mol. The van der Waals surface area contributed by atoms with E-state index in [4.69, 9.17) is 4.42 Å². The van der Waals surface area contributed by atoms with Gasteiger partial charge in [0.15, 0.2) is 0 Å². The van der Waals surface area contributed by atoms with Crippen molar-refractivity contribution in [3.05, 3.63) is 84.3 Å². The van der Waals surface area contributed by atoms with Crippen LogP contribution in [0.15, 0.2) is 77.4 Å². The van der Waals surface area contributed by atoms with E-state index in [0.29, 0.717) is 13.0 Å². The molecule has 0 spiro atoms. The second-order valence-corrected chi connectivity index (χ2v) is 7.88. The normalized spacial score (nSPS) is 15.3. The average Bonchev–Trinajstić information content (AvgIpc) is 3.27. The van der Waals surface area contributed by atoms with Crippen LogP contribution in [0.5, 0.6) is 0 Å². The Balaban J connectivity index is 1.47. The van der Waals surface area contributed by atoms with E-state index >= 15 is 0 Å². The number of benzene rings is 2. The number of carbonyl (C=O) groups excluding carboxylic acids is 1. The van der Waals surface area contributed by atoms with Crippen LogP contribution in [-0.2, 0) is 17.8 Å². The molecule has 0 aliphatic carbocycles. The first-order valence-electron chi connectivity index (χ1n) is 10.3. The van der Waals surface area contributed by atoms with Crippen LogP contribution in [-0.4, -0.2) is 41.9 Å². The van der Waals surface area contributed by atoms with Gasteiger partial charge in [-0.05, 0) is 61.8 Å². The summed E-state index contributed by atoms with van der Waals surface area (Å²) in [6, 6.07) is 22.8. The van der Waals surface area contributed by atoms with Crippen LogP contribution in [0.2, 0.25) is 0 Å². The molecule has 2 aromatic carbocycles. The molecule has 0 unspecified atom stereocenters. The third-order valence-electron chi connectivity index (χ3n) is 5.77. The zero-order valence-electron chi connectivity index (χ0n) is 17.0. The summed E-state index contributed by atoms with van der Waals surface area (Å²) in [4.78, 5) is 17.6. The zero-order valence-corrected chi connectivity index (χ0v) is 17.0. The number of likely N-dealkylation sites (tertiary alicyclic amines) is 1. The van der Waals surface area contributed by atoms with Gasteiger partial charge in [-0.25, -0.2) is 0 Å². The number of carbonyl (C=O) groups is 1. The third kappa shape index (κ3) is 4.96. The highest BCUT2D eigenvalue weighted by Crippen LogP contribution is 2.22. The van der Waals surface area contributed by atoms with E-state index in [1.807, 2.05) is 35.2 Å². The fourth-order valence-electron chi connectivity index (χ4n) is 4.02. The van der Waals surface area contributed by atoms with Crippen molar-refractivity contribution < 1.29 is 9.21 Å². The fraction of sp³-hybridized carbons (Fsp3) is 0.320. The van der Waals surface area contributed by atoms with Crippen LogP contribution >= 0.6 is 0 Å². The fourth-order valence-corrected chi connectivity index (χ4v) is 4.02. The third-order valence-corrected chi connectivity index (χ3v) is 5.77. The van der Waals surface area contributed by atoms with E-state index in [1.165, 1.54) is 11.1 Å². The molecule has 0 atom stereocenters. The maximum absolute atomic E-state index is 13.2. The predicted octanol–water partition coefficient (Wildman–Crippen LogP) is 4.61. The van der Waals surface area contributed by atoms with E-state index in [0.717, 1.165) is 37.3 Å². The maximum Gasteiger partial charge on any atom is 0.227 e. The van der Waals surface area contributed by atoms with E-state index in [-0.39, 0.29) is 11.9 Å². The van der Waals surface area contributed by atoms with Crippen LogP contribution in [0.25, 0.3) is 11.1 Å². The predicted molar refractivity (Wildman–Crippen MR) is 115 cm³/mol. The highest BCUT2D eigenvalue weighted by Gasteiger charge is 2.27. The Morgan fingerprint density at radius 2 is 1.66 bits per heavy atom. The minimum atomic E-state index is 0.170. The summed E-state index contributed by atoms with van der Waals surface area (Å²) in [5.74, 6) is 1.01. The topological polar surface area (TPSA) is 36.7 Å². The van der Waals surface area contributed by atoms with Crippen LogP contribution < -0.4 is 0 Å². The van der Waals surface area contributed by atoms with Crippen LogP contribution in [0, 0.1) is 0 Å². The Morgan fingerprint density at radius 1 is 0.966 bits per heavy atom. The Labute approximate surface area is 172 Å². The van der Waals surface area contributed by atoms with Crippen molar-refractivity contribution in [2.75, 3.05) is 20.1 Å². The lowest BCUT2D eigenvalue weighted by molar-refractivity contribution is -0.134. The van der Waals surface area contributed by atoms with Crippen molar-refractivity contribution in [1.29, 1.82) is 0 Å². The number of hydrogen-bond donors (Lipinski definition) is 0. The zero-order chi connectivity index (χ0) is 20.1. The molecule has 2 heterocycles. The van der Waals surface area contributed by atoms with Gasteiger partial charge in [0.25, 0.3) is 0 Å². The van der Waals surface area contributed by atoms with Crippen molar-refractivity contribution in [2.45, 2.75) is 31.8 Å². The van der Waals surface area contributed by atoms with Crippen LogP contribution in [0.4, 0.5) is 0 Å². The minimum Gasteiger partial charge on any atom is -0.467 e. The molecule has 1 fully saturated rings. The highest BCUT2D eigenvalue weighted by molar-refractivity contribution is 5.79. The summed E-state index contributed by atoms with van der Waals surface area (Å²) in [7, 11) is 2.14. The molecule has 1 aromatic heterocycles. The molecular formula is C25H28N2O2. The van der Waals surface area contributed by atoms with Crippen molar-refractivity contribution in [1.82, 2.24) is 9.80 Å². The molecule has 4 nitrogen and oxygen atoms in total. The number of rotatable bonds is 6. The highest BCUT2D eigenvalue weighted by atomic mass is 16.3. The molecule has 1 aliphatic rings. The summed E-state index contributed by atoms with van der Waals surface area (Å²) in [5.41, 5.74) is 3.41. The van der Waals surface area contributed by atoms with Crippen molar-refractivity contribution >= 4 is 5.91 Å². The minimum absolute atomic E-state index is 0.170. The maximum atomic E-state index is 13.2. The van der Waals surface area contributed by atoms with Gasteiger partial charge < -0.3 is 14.2 Å². The van der Waals surface area contributed by atoms with Gasteiger partial charge in [-0.2, -0.15) is 0 Å². The second-order valence-electron chi connectivity index (χ2n) is 7.88. The van der Waals surface area contributed by atoms with E-state index in [9.17, 15) is 4.79 Å². The average molecular weight is 389 g/mol. The number of nitrogens with zero attached hydrogens (tertiary/aromatic N) is 2. The Hall–Kier alpha value is -2.85. The summed E-state index contributed by atoms with van der Waals surface area (Å²) in [5, 5.41) is 0. The first kappa shape index (κ1) is 19.5. The van der Waals surface area contributed by atoms with Gasteiger partial charge >= 0.3 is 0 Å². The summed E-state index contributed by atoms with van der Waals surface area (Å²) in [6.45, 7) is 2.60. The lowest BCUT2D eigenvalue weighted by Crippen LogP contribution is -2.46. The van der Waals surface area contributed by atoms with Crippen LogP contribution in [0.1, 0.15) is 24.2 Å². The molecule has 0 saturated carbocycles. The quantitative estimate of drug-likeness (QED) is 0.619. The van der Waals surface area contributed by atoms with Crippen molar-refractivity contribution in [3.63, 3.8) is 0 Å². The first-order chi connectivity index (χ1) is 14.2. The first-order valence-corrected chi connectivity index (χ1v) is 10.3. The molecule has 0 bridgehead atoms. The van der Waals surface area contributed by atoms with Gasteiger partial charge in [-0.15, -0.1) is 0 Å². The number of furan rings is 1. The van der Waals surface area contributed by atoms with E-state index in [1.54, 1.807) is 6.26 Å². The molecule has 4 heteroatoms. The Kier molecular flexibility index (Phi) is 6.11. The van der Waals surface area contributed by atoms with E-state index < -0.39 is 0 Å². The Bertz CT molecular complexity index is 896. The van der Waals surface area contributed by atoms with E-state index in [2.05, 4.69) is 48.3 Å². The van der Waals surface area contributed by atoms with Gasteiger partial charge in [0.2, 0.25) is 5.91 Å². The summed E-state index contributed by atoms with van der Waals surface area (Å²) in [6.07, 6.45) is 4.11.